The lowest BCUT2D eigenvalue weighted by molar-refractivity contribution is 0.0244. The molecule has 0 spiro atoms. The number of carbonyl (C=O) groups excluding carboxylic acids is 5. The van der Waals surface area contributed by atoms with E-state index in [2.05, 4.69) is 71.9 Å². The molecule has 7 aromatic rings. The topological polar surface area (TPSA) is 302 Å². The Labute approximate surface area is 545 Å². The molecule has 2 aromatic carbocycles. The second kappa shape index (κ2) is 37.7. The van der Waals surface area contributed by atoms with Crippen LogP contribution in [-0.4, -0.2) is 192 Å². The third kappa shape index (κ3) is 21.5. The number of carbonyl (C=O) groups is 5. The number of aromatic amines is 1. The highest BCUT2D eigenvalue weighted by Crippen LogP contribution is 2.43. The molecule has 7 heterocycles. The fraction of sp³-hybridized carbons (Fsp3) is 0.424. The molecule has 0 unspecified atom stereocenters. The Kier molecular flexibility index (Phi) is 31.1. The summed E-state index contributed by atoms with van der Waals surface area (Å²) in [6, 6.07) is 34.1. The number of amides is 4. The minimum Gasteiger partial charge on any atom is -0.448 e. The van der Waals surface area contributed by atoms with E-state index >= 15 is 0 Å². The predicted molar refractivity (Wildman–Crippen MR) is 355 cm³/mol. The SMILES string of the molecule is CCN(CC)CC.CCOC(=O)n1nc2c(c1NC(=O)c1ccccc1)CN(C(=O)Cl)C2(C)C.CN(C)C[C@@H](O)c1ccccn1.CN(C)C[C@@H](OC(=O)N1Cc2c(NC(=O)c3ccccc3)n[nH]c2C1(C)C)c1ccccn1.CNC[C@@H](O)c1ccccn1.CO. The van der Waals surface area contributed by atoms with Gasteiger partial charge in [-0.05, 0) is 162 Å². The van der Waals surface area contributed by atoms with E-state index in [0.717, 1.165) is 28.7 Å². The van der Waals surface area contributed by atoms with E-state index in [0.29, 0.717) is 59.2 Å². The molecule has 26 heteroatoms. The second-order valence-electron chi connectivity index (χ2n) is 22.3. The summed E-state index contributed by atoms with van der Waals surface area (Å²) >= 11 is 5.70. The van der Waals surface area contributed by atoms with Crippen molar-refractivity contribution in [3.05, 3.63) is 185 Å². The Hall–Kier alpha value is -8.53. The number of benzene rings is 2. The number of pyridine rings is 3. The molecule has 9 rings (SSSR count). The number of hydrogen-bond acceptors (Lipinski definition) is 19. The lowest BCUT2D eigenvalue weighted by Gasteiger charge is -2.32. The zero-order valence-electron chi connectivity index (χ0n) is 55.3. The smallest absolute Gasteiger partial charge is 0.436 e. The minimum atomic E-state index is -0.835. The van der Waals surface area contributed by atoms with Crippen LogP contribution in [0, 0.1) is 0 Å². The molecule has 0 aliphatic carbocycles. The standard InChI is InChI=1S/C24H28N6O3.C18H19ClN4O4.C9H14N2O.C8H12N2O.C6H15N.CH4O/c1-24(2)20-17(21(28-27-20)26-22(31)16-10-6-5-7-11-16)14-30(24)23(32)33-19(15-29(3)4)18-12-8-9-13-25-18;1-4-27-17(26)23-14(20-15(24)11-8-6-5-7-9-11)12-10-22(16(19)25)18(2,3)13(12)21-23;1-11(2)7-9(12)8-5-3-4-6-10-8;1-9-6-8(11)7-4-2-3-5-10-7;1-4-7(5-2)6-3;1-2/h5-13,19H,14-15H2,1-4H3,(H2,26,27,28,31);5-9H,4,10H2,1-3H3,(H,20,24);3-6,9,12H,7H2,1-2H3;2-5,8-9,11H,6H2,1H3;4-6H2,1-3H3;2H,1H3/t19-;;9-;8-;;/m1.11../s1. The summed E-state index contributed by atoms with van der Waals surface area (Å²) in [5.41, 5.74) is 4.11. The van der Waals surface area contributed by atoms with Crippen molar-refractivity contribution in [2.75, 3.05) is 98.9 Å². The average Bonchev–Trinajstić information content (AvgIpc) is 1.60. The van der Waals surface area contributed by atoms with Crippen molar-refractivity contribution in [2.45, 2.75) is 97.9 Å². The largest absolute Gasteiger partial charge is 0.448 e. The van der Waals surface area contributed by atoms with E-state index in [-0.39, 0.29) is 31.4 Å². The number of hydrogen-bond donors (Lipinski definition) is 7. The van der Waals surface area contributed by atoms with E-state index in [9.17, 15) is 34.2 Å². The summed E-state index contributed by atoms with van der Waals surface area (Å²) in [6.45, 7) is 21.4. The van der Waals surface area contributed by atoms with Gasteiger partial charge in [0.1, 0.15) is 18.0 Å². The van der Waals surface area contributed by atoms with Crippen molar-refractivity contribution < 1.29 is 48.8 Å². The van der Waals surface area contributed by atoms with Crippen LogP contribution in [0.2, 0.25) is 0 Å². The molecule has 498 valence electrons. The molecule has 3 atom stereocenters. The molecular weight excluding hydrogens is 1200 g/mol. The number of nitrogens with zero attached hydrogens (tertiary/aromatic N) is 11. The number of nitrogens with one attached hydrogen (secondary N) is 4. The highest BCUT2D eigenvalue weighted by atomic mass is 35.5. The number of likely N-dealkylation sites (N-methyl/N-ethyl adjacent to an activating group) is 3. The normalized spacial score (nSPS) is 13.9. The first-order valence-corrected chi connectivity index (χ1v) is 30.6. The van der Waals surface area contributed by atoms with Crippen molar-refractivity contribution in [2.24, 2.45) is 0 Å². The van der Waals surface area contributed by atoms with Gasteiger partial charge < -0.3 is 60.3 Å². The molecule has 25 nitrogen and oxygen atoms in total. The van der Waals surface area contributed by atoms with Crippen LogP contribution >= 0.6 is 11.6 Å². The maximum Gasteiger partial charge on any atom is 0.436 e. The number of H-pyrrole nitrogens is 1. The molecule has 0 saturated carbocycles. The van der Waals surface area contributed by atoms with E-state index < -0.39 is 52.8 Å². The molecular formula is C66H92ClN15O10. The zero-order chi connectivity index (χ0) is 68.1. The molecule has 0 saturated heterocycles. The number of rotatable bonds is 18. The molecule has 4 amide bonds. The van der Waals surface area contributed by atoms with E-state index in [1.54, 1.807) is 106 Å². The van der Waals surface area contributed by atoms with Gasteiger partial charge >= 0.3 is 17.6 Å². The van der Waals surface area contributed by atoms with Crippen molar-refractivity contribution in [3.63, 3.8) is 0 Å². The lowest BCUT2D eigenvalue weighted by atomic mass is 10.0. The van der Waals surface area contributed by atoms with Crippen molar-refractivity contribution in [3.8, 4) is 0 Å². The summed E-state index contributed by atoms with van der Waals surface area (Å²) in [5, 5.41) is 45.4. The molecule has 92 heavy (non-hydrogen) atoms. The Morgan fingerprint density at radius 1 is 0.630 bits per heavy atom. The fourth-order valence-corrected chi connectivity index (χ4v) is 9.85. The monoisotopic (exact) mass is 1290 g/mol. The van der Waals surface area contributed by atoms with Gasteiger partial charge in [0.05, 0.1) is 59.2 Å². The van der Waals surface area contributed by atoms with Gasteiger partial charge in [-0.15, -0.1) is 4.68 Å². The summed E-state index contributed by atoms with van der Waals surface area (Å²) in [7, 11) is 10.5. The van der Waals surface area contributed by atoms with Gasteiger partial charge in [0.25, 0.3) is 11.8 Å². The first kappa shape index (κ1) is 75.9. The fourth-order valence-electron chi connectivity index (χ4n) is 9.58. The van der Waals surface area contributed by atoms with Gasteiger partial charge in [-0.25, -0.2) is 9.59 Å². The van der Waals surface area contributed by atoms with Crippen LogP contribution in [0.3, 0.4) is 0 Å². The van der Waals surface area contributed by atoms with Crippen LogP contribution < -0.4 is 16.0 Å². The molecule has 0 fully saturated rings. The average molecular weight is 1290 g/mol. The maximum absolute atomic E-state index is 13.3. The van der Waals surface area contributed by atoms with Crippen LogP contribution in [0.1, 0.15) is 134 Å². The number of aliphatic hydroxyl groups excluding tert-OH is 3. The predicted octanol–water partition coefficient (Wildman–Crippen LogP) is 9.06. The maximum atomic E-state index is 13.3. The molecule has 5 aromatic heterocycles. The van der Waals surface area contributed by atoms with Gasteiger partial charge in [0.2, 0.25) is 0 Å². The van der Waals surface area contributed by atoms with Crippen molar-refractivity contribution >= 4 is 52.6 Å². The highest BCUT2D eigenvalue weighted by molar-refractivity contribution is 6.62. The Bertz CT molecular complexity index is 3330. The van der Waals surface area contributed by atoms with E-state index in [4.69, 9.17) is 26.2 Å². The molecule has 7 N–H and O–H groups in total. The first-order valence-electron chi connectivity index (χ1n) is 30.2. The van der Waals surface area contributed by atoms with Crippen LogP contribution in [0.4, 0.5) is 26.0 Å². The van der Waals surface area contributed by atoms with Gasteiger partial charge in [-0.3, -0.25) is 39.3 Å². The first-order chi connectivity index (χ1) is 43.9. The van der Waals surface area contributed by atoms with Gasteiger partial charge in [-0.1, -0.05) is 75.4 Å². The number of anilines is 2. The molecule has 0 bridgehead atoms. The van der Waals surface area contributed by atoms with Crippen molar-refractivity contribution in [1.82, 2.24) is 64.7 Å². The molecule has 0 radical (unpaired) electrons. The Morgan fingerprint density at radius 2 is 1.11 bits per heavy atom. The number of aromatic nitrogens is 7. The van der Waals surface area contributed by atoms with Crippen LogP contribution in [-0.2, 0) is 33.6 Å². The number of fused-ring (bicyclic) bond motifs is 2. The molecule has 2 aliphatic heterocycles. The molecule has 2 aliphatic rings. The van der Waals surface area contributed by atoms with Gasteiger partial charge in [0, 0.05) is 67.6 Å². The van der Waals surface area contributed by atoms with E-state index in [1.165, 1.54) is 24.5 Å². The lowest BCUT2D eigenvalue weighted by Crippen LogP contribution is -2.42. The summed E-state index contributed by atoms with van der Waals surface area (Å²) in [5.74, 6) is -0.0789. The quantitative estimate of drug-likeness (QED) is 0.0311. The number of halogens is 1. The Morgan fingerprint density at radius 3 is 1.55 bits per heavy atom. The van der Waals surface area contributed by atoms with E-state index in [1.807, 2.05) is 113 Å². The Balaban J connectivity index is 0.000000271. The highest BCUT2D eigenvalue weighted by Gasteiger charge is 2.47. The number of ether oxygens (including phenoxy) is 2. The third-order valence-corrected chi connectivity index (χ3v) is 14.8. The van der Waals surface area contributed by atoms with Crippen LogP contribution in [0.5, 0.6) is 0 Å². The summed E-state index contributed by atoms with van der Waals surface area (Å²) in [6.07, 6.45) is 2.38. The van der Waals surface area contributed by atoms with Crippen LogP contribution in [0.25, 0.3) is 0 Å². The third-order valence-electron chi connectivity index (χ3n) is 14.6. The van der Waals surface area contributed by atoms with Crippen molar-refractivity contribution in [1.29, 1.82) is 0 Å². The minimum absolute atomic E-state index is 0.120. The van der Waals surface area contributed by atoms with Crippen LogP contribution in [0.15, 0.2) is 134 Å². The number of aliphatic hydroxyl groups is 3. The second-order valence-corrected chi connectivity index (χ2v) is 22.6. The zero-order valence-corrected chi connectivity index (χ0v) is 56.1. The van der Waals surface area contributed by atoms with Gasteiger partial charge in [-0.2, -0.15) is 10.2 Å². The summed E-state index contributed by atoms with van der Waals surface area (Å²) in [4.78, 5) is 84.4. The van der Waals surface area contributed by atoms with Gasteiger partial charge in [0.15, 0.2) is 11.9 Å². The summed E-state index contributed by atoms with van der Waals surface area (Å²) < 4.78 is 12.0.